The van der Waals surface area contributed by atoms with E-state index in [0.29, 0.717) is 19.6 Å². The minimum atomic E-state index is 0.117. The molecule has 0 aliphatic carbocycles. The van der Waals surface area contributed by atoms with Gasteiger partial charge in [0, 0.05) is 18.8 Å². The van der Waals surface area contributed by atoms with Crippen LogP contribution in [0, 0.1) is 0 Å². The Bertz CT molecular complexity index is 404. The third-order valence-electron chi connectivity index (χ3n) is 2.79. The van der Waals surface area contributed by atoms with Crippen molar-refractivity contribution in [1.29, 1.82) is 0 Å². The molecule has 0 fully saturated rings. The fourth-order valence-corrected chi connectivity index (χ4v) is 1.97. The number of likely N-dealkylation sites (N-methyl/N-ethyl adjacent to an activating group) is 1. The van der Waals surface area contributed by atoms with Gasteiger partial charge >= 0.3 is 0 Å². The molecule has 1 heterocycles. The zero-order chi connectivity index (χ0) is 11.5. The van der Waals surface area contributed by atoms with E-state index in [1.54, 1.807) is 12.0 Å². The van der Waals surface area contributed by atoms with Crippen LogP contribution >= 0.6 is 0 Å². The molecule has 0 saturated carbocycles. The van der Waals surface area contributed by atoms with Crippen LogP contribution in [0.25, 0.3) is 0 Å². The maximum absolute atomic E-state index is 11.8. The average molecular weight is 220 g/mol. The summed E-state index contributed by atoms with van der Waals surface area (Å²) in [4.78, 5) is 13.6. The van der Waals surface area contributed by atoms with E-state index in [2.05, 4.69) is 5.32 Å². The van der Waals surface area contributed by atoms with E-state index in [4.69, 9.17) is 4.74 Å². The lowest BCUT2D eigenvalue weighted by Gasteiger charge is -2.20. The van der Waals surface area contributed by atoms with E-state index in [9.17, 15) is 4.79 Å². The molecule has 86 valence electrons. The third kappa shape index (κ3) is 1.88. The number of rotatable bonds is 2. The summed E-state index contributed by atoms with van der Waals surface area (Å²) in [5.41, 5.74) is 2.09. The van der Waals surface area contributed by atoms with E-state index >= 15 is 0 Å². The summed E-state index contributed by atoms with van der Waals surface area (Å²) in [6.45, 7) is 3.77. The van der Waals surface area contributed by atoms with Gasteiger partial charge in [0.1, 0.15) is 5.75 Å². The monoisotopic (exact) mass is 220 g/mol. The van der Waals surface area contributed by atoms with Gasteiger partial charge < -0.3 is 15.0 Å². The van der Waals surface area contributed by atoms with Crippen LogP contribution in [-0.4, -0.2) is 26.1 Å². The van der Waals surface area contributed by atoms with Crippen molar-refractivity contribution >= 4 is 11.6 Å². The highest BCUT2D eigenvalue weighted by Gasteiger charge is 2.20. The zero-order valence-corrected chi connectivity index (χ0v) is 9.62. The van der Waals surface area contributed by atoms with Crippen LogP contribution in [0.15, 0.2) is 18.2 Å². The van der Waals surface area contributed by atoms with Crippen LogP contribution < -0.4 is 15.0 Å². The summed E-state index contributed by atoms with van der Waals surface area (Å²) >= 11 is 0. The van der Waals surface area contributed by atoms with Crippen molar-refractivity contribution in [3.05, 3.63) is 23.8 Å². The van der Waals surface area contributed by atoms with Crippen LogP contribution in [0.1, 0.15) is 12.5 Å². The first-order chi connectivity index (χ1) is 7.76. The molecule has 0 saturated heterocycles. The molecular formula is C12H16N2O2. The quantitative estimate of drug-likeness (QED) is 0.813. The van der Waals surface area contributed by atoms with Crippen LogP contribution in [0.5, 0.6) is 5.75 Å². The molecule has 1 N–H and O–H groups in total. The Labute approximate surface area is 95.2 Å². The van der Waals surface area contributed by atoms with Crippen LogP contribution in [0.3, 0.4) is 0 Å². The molecule has 1 aromatic carbocycles. The fourth-order valence-electron chi connectivity index (χ4n) is 1.97. The Morgan fingerprint density at radius 3 is 2.94 bits per heavy atom. The maximum Gasteiger partial charge on any atom is 0.240 e. The molecule has 0 bridgehead atoms. The summed E-state index contributed by atoms with van der Waals surface area (Å²) < 4.78 is 5.19. The van der Waals surface area contributed by atoms with E-state index in [-0.39, 0.29) is 5.91 Å². The number of ether oxygens (including phenoxy) is 1. The molecule has 2 rings (SSSR count). The molecule has 0 spiro atoms. The molecular weight excluding hydrogens is 204 g/mol. The molecule has 16 heavy (non-hydrogen) atoms. The van der Waals surface area contributed by atoms with Crippen molar-refractivity contribution in [2.24, 2.45) is 0 Å². The van der Waals surface area contributed by atoms with Gasteiger partial charge in [-0.05, 0) is 30.7 Å². The van der Waals surface area contributed by atoms with Crippen molar-refractivity contribution in [1.82, 2.24) is 5.32 Å². The maximum atomic E-state index is 11.8. The van der Waals surface area contributed by atoms with Gasteiger partial charge in [-0.15, -0.1) is 0 Å². The topological polar surface area (TPSA) is 41.6 Å². The average Bonchev–Trinajstić information content (AvgIpc) is 2.46. The molecule has 1 amide bonds. The van der Waals surface area contributed by atoms with Gasteiger partial charge in [0.15, 0.2) is 0 Å². The number of carbonyl (C=O) groups excluding carboxylic acids is 1. The first kappa shape index (κ1) is 11.0. The summed E-state index contributed by atoms with van der Waals surface area (Å²) in [6, 6.07) is 5.81. The lowest BCUT2D eigenvalue weighted by Crippen LogP contribution is -2.35. The van der Waals surface area contributed by atoms with E-state index in [1.807, 2.05) is 25.1 Å². The smallest absolute Gasteiger partial charge is 0.240 e. The molecule has 4 heteroatoms. The van der Waals surface area contributed by atoms with Crippen LogP contribution in [-0.2, 0) is 11.3 Å². The predicted molar refractivity (Wildman–Crippen MR) is 62.7 cm³/mol. The highest BCUT2D eigenvalue weighted by Crippen LogP contribution is 2.26. The van der Waals surface area contributed by atoms with Crippen molar-refractivity contribution in [3.63, 3.8) is 0 Å². The summed E-state index contributed by atoms with van der Waals surface area (Å²) in [5, 5.41) is 3.12. The Kier molecular flexibility index (Phi) is 3.10. The van der Waals surface area contributed by atoms with Crippen molar-refractivity contribution < 1.29 is 9.53 Å². The standard InChI is InChI=1S/C12H16N2O2/c1-3-14-11-5-4-10(16-2)6-9(11)7-13-8-12(14)15/h4-6,13H,3,7-8H2,1-2H3. The Morgan fingerprint density at radius 2 is 2.25 bits per heavy atom. The molecule has 0 aromatic heterocycles. The summed E-state index contributed by atoms with van der Waals surface area (Å²) in [6.07, 6.45) is 0. The van der Waals surface area contributed by atoms with E-state index < -0.39 is 0 Å². The SMILES string of the molecule is CCN1C(=O)CNCc2cc(OC)ccc21. The van der Waals surface area contributed by atoms with Crippen molar-refractivity contribution in [3.8, 4) is 5.75 Å². The Morgan fingerprint density at radius 1 is 1.44 bits per heavy atom. The van der Waals surface area contributed by atoms with Gasteiger partial charge in [-0.25, -0.2) is 0 Å². The number of hydrogen-bond donors (Lipinski definition) is 1. The second-order valence-electron chi connectivity index (χ2n) is 3.74. The number of nitrogens with one attached hydrogen (secondary N) is 1. The van der Waals surface area contributed by atoms with Gasteiger partial charge in [-0.1, -0.05) is 0 Å². The van der Waals surface area contributed by atoms with Gasteiger partial charge in [-0.2, -0.15) is 0 Å². The normalized spacial score (nSPS) is 15.6. The first-order valence-corrected chi connectivity index (χ1v) is 5.44. The van der Waals surface area contributed by atoms with Gasteiger partial charge in [0.25, 0.3) is 0 Å². The highest BCUT2D eigenvalue weighted by molar-refractivity contribution is 5.96. The van der Waals surface area contributed by atoms with Crippen molar-refractivity contribution in [2.75, 3.05) is 25.1 Å². The van der Waals surface area contributed by atoms with Gasteiger partial charge in [0.2, 0.25) is 5.91 Å². The molecule has 0 unspecified atom stereocenters. The number of anilines is 1. The second kappa shape index (κ2) is 4.53. The van der Waals surface area contributed by atoms with Gasteiger partial charge in [0.05, 0.1) is 13.7 Å². The minimum absolute atomic E-state index is 0.117. The second-order valence-corrected chi connectivity index (χ2v) is 3.74. The largest absolute Gasteiger partial charge is 0.497 e. The Hall–Kier alpha value is -1.55. The van der Waals surface area contributed by atoms with Crippen LogP contribution in [0.4, 0.5) is 5.69 Å². The molecule has 4 nitrogen and oxygen atoms in total. The summed E-state index contributed by atoms with van der Waals surface area (Å²) in [5.74, 6) is 0.942. The number of carbonyl (C=O) groups is 1. The van der Waals surface area contributed by atoms with Gasteiger partial charge in [-0.3, -0.25) is 4.79 Å². The number of fused-ring (bicyclic) bond motifs is 1. The molecule has 1 aliphatic rings. The summed E-state index contributed by atoms with van der Waals surface area (Å²) in [7, 11) is 1.65. The number of hydrogen-bond acceptors (Lipinski definition) is 3. The Balaban J connectivity index is 2.44. The third-order valence-corrected chi connectivity index (χ3v) is 2.79. The van der Waals surface area contributed by atoms with Crippen molar-refractivity contribution in [2.45, 2.75) is 13.5 Å². The molecule has 0 radical (unpaired) electrons. The number of methoxy groups -OCH3 is 1. The molecule has 0 atom stereocenters. The van der Waals surface area contributed by atoms with E-state index in [0.717, 1.165) is 17.0 Å². The molecule has 1 aromatic rings. The lowest BCUT2D eigenvalue weighted by molar-refractivity contribution is -0.117. The number of amides is 1. The predicted octanol–water partition coefficient (Wildman–Crippen LogP) is 1.15. The first-order valence-electron chi connectivity index (χ1n) is 5.44. The lowest BCUT2D eigenvalue weighted by atomic mass is 10.1. The zero-order valence-electron chi connectivity index (χ0n) is 9.62. The van der Waals surface area contributed by atoms with Crippen LogP contribution in [0.2, 0.25) is 0 Å². The van der Waals surface area contributed by atoms with E-state index in [1.165, 1.54) is 0 Å². The minimum Gasteiger partial charge on any atom is -0.497 e. The fraction of sp³-hybridized carbons (Fsp3) is 0.417. The number of benzene rings is 1. The highest BCUT2D eigenvalue weighted by atomic mass is 16.5. The number of nitrogens with zero attached hydrogens (tertiary/aromatic N) is 1. The molecule has 1 aliphatic heterocycles.